The number of carbonyl (C=O) groups is 7. The Balaban J connectivity index is -0.0000000730. The van der Waals surface area contributed by atoms with Crippen LogP contribution in [0.1, 0.15) is 443 Å². The average molecular weight is 2020 g/mol. The van der Waals surface area contributed by atoms with E-state index >= 15 is 0 Å². The molecule has 33 nitrogen and oxygen atoms in total. The summed E-state index contributed by atoms with van der Waals surface area (Å²) in [6.45, 7) is 67.6. The smallest absolute Gasteiger partial charge is 0.394 e. The van der Waals surface area contributed by atoms with Crippen LogP contribution in [0, 0.1) is 92.0 Å². The number of hydrogen-bond donors (Lipinski definition) is 5. The van der Waals surface area contributed by atoms with Gasteiger partial charge in [-0.2, -0.15) is 8.42 Å². The van der Waals surface area contributed by atoms with E-state index in [2.05, 4.69) is 144 Å². The van der Waals surface area contributed by atoms with E-state index in [1.807, 2.05) is 48.5 Å². The molecule has 0 radical (unpaired) electrons. The molecule has 0 bridgehead atoms. The van der Waals surface area contributed by atoms with Crippen LogP contribution in [0.15, 0.2) is 93.3 Å². The molecule has 1 aliphatic rings. The number of nitro groups is 5. The summed E-state index contributed by atoms with van der Waals surface area (Å²) in [5, 5.41) is 89.0. The topological polar surface area (TPSA) is 525 Å². The van der Waals surface area contributed by atoms with Gasteiger partial charge < -0.3 is 34.7 Å². The van der Waals surface area contributed by atoms with Gasteiger partial charge in [0.2, 0.25) is 24.3 Å². The monoisotopic (exact) mass is 2020 g/mol. The van der Waals surface area contributed by atoms with Gasteiger partial charge in [0.1, 0.15) is 18.5 Å². The number of ketones is 3. The largest absolute Gasteiger partial charge is 0.850 e. The summed E-state index contributed by atoms with van der Waals surface area (Å²) < 4.78 is 45.8. The number of carbonyl (C=O) groups excluding carboxylic acids is 7. The second-order valence-electron chi connectivity index (χ2n) is 37.9. The van der Waals surface area contributed by atoms with E-state index in [1.54, 1.807) is 61.5 Å². The lowest BCUT2D eigenvalue weighted by Crippen LogP contribution is -2.35. The van der Waals surface area contributed by atoms with Gasteiger partial charge in [-0.1, -0.05) is 203 Å². The molecule has 0 aromatic rings. The molecule has 0 saturated carbocycles. The average Bonchev–Trinajstić information content (AvgIpc) is 1.61. The maximum atomic E-state index is 11.1. The van der Waals surface area contributed by atoms with Crippen molar-refractivity contribution in [1.29, 1.82) is 0 Å². The summed E-state index contributed by atoms with van der Waals surface area (Å²) in [6.07, 6.45) is 34.2. The lowest BCUT2D eigenvalue weighted by Gasteiger charge is -2.23. The minimum Gasteiger partial charge on any atom is -0.850 e. The molecular weight excluding hydrogens is 1810 g/mol. The third kappa shape index (κ3) is 161. The second kappa shape index (κ2) is 101. The van der Waals surface area contributed by atoms with E-state index in [0.29, 0.717) is 67.6 Å². The summed E-state index contributed by atoms with van der Waals surface area (Å²) in [7, 11) is -4.67. The zero-order chi connectivity index (χ0) is 107. The van der Waals surface area contributed by atoms with E-state index in [-0.39, 0.29) is 108 Å². The van der Waals surface area contributed by atoms with Gasteiger partial charge in [0.25, 0.3) is 0 Å². The van der Waals surface area contributed by atoms with Gasteiger partial charge in [0, 0.05) is 89.9 Å². The Kier molecular flexibility index (Phi) is 126. The van der Waals surface area contributed by atoms with Gasteiger partial charge in [-0.3, -0.25) is 93.2 Å². The summed E-state index contributed by atoms with van der Waals surface area (Å²) in [6, 6.07) is -1.74. The molecule has 1 aliphatic heterocycles. The van der Waals surface area contributed by atoms with Crippen LogP contribution < -0.4 is 5.11 Å². The fourth-order valence-corrected chi connectivity index (χ4v) is 10.1. The van der Waals surface area contributed by atoms with Gasteiger partial charge in [-0.05, 0) is 294 Å². The van der Waals surface area contributed by atoms with Crippen LogP contribution in [-0.4, -0.2) is 159 Å². The third-order valence-corrected chi connectivity index (χ3v) is 17.9. The van der Waals surface area contributed by atoms with Crippen LogP contribution in [0.25, 0.3) is 0 Å². The summed E-state index contributed by atoms with van der Waals surface area (Å²) in [4.78, 5) is 123. The number of epoxide rings is 1. The van der Waals surface area contributed by atoms with Crippen molar-refractivity contribution in [3.8, 4) is 0 Å². The predicted octanol–water partition coefficient (Wildman–Crippen LogP) is 26.9. The molecule has 5 N–H and O–H groups in total. The number of rotatable bonds is 45. The van der Waals surface area contributed by atoms with Gasteiger partial charge in [0.05, 0.1) is 15.4 Å². The fourth-order valence-electron chi connectivity index (χ4n) is 10.1. The van der Waals surface area contributed by atoms with E-state index in [4.69, 9.17) is 32.1 Å². The van der Waals surface area contributed by atoms with Gasteiger partial charge in [-0.25, -0.2) is 0 Å². The Morgan fingerprint density at radius 3 is 0.935 bits per heavy atom. The predicted molar refractivity (Wildman–Crippen MR) is 574 cm³/mol. The van der Waals surface area contributed by atoms with Crippen LogP contribution in [0.4, 0.5) is 0 Å². The molecule has 1 saturated heterocycles. The van der Waals surface area contributed by atoms with Crippen LogP contribution in [-0.2, 0) is 58.2 Å². The number of allylic oxidation sites excluding steroid dienone is 16. The lowest BCUT2D eigenvalue weighted by molar-refractivity contribution is -0.558. The Bertz CT molecular complexity index is 3510. The Hall–Kier alpha value is -8.12. The van der Waals surface area contributed by atoms with Crippen molar-refractivity contribution < 1.29 is 110 Å². The normalized spacial score (nSPS) is 14.4. The zero-order valence-electron chi connectivity index (χ0n) is 88.0. The van der Waals surface area contributed by atoms with Crippen LogP contribution in [0.3, 0.4) is 0 Å². The Morgan fingerprint density at radius 1 is 0.446 bits per heavy atom. The molecule has 0 aromatic carbocycles. The molecule has 139 heavy (non-hydrogen) atoms. The van der Waals surface area contributed by atoms with Crippen molar-refractivity contribution in [2.45, 2.75) is 496 Å². The standard InChI is InChI=1S/C14H25NO4.C12H21NO3.C12H23NO3.C12H21NO2.C12H22O2.C12H20O2.C10H18O.C4H6O3.C4H10O.C4H9O.C2H5NO2.7CH4.H2O4S/c1-10(2)7-6-8-11(3)9-14(19-13(5)16)12(4)15(17)18;1-9(2)6-5-7-10(3)8-11-12(4,16-11)13(14)15;1-9(2)6-5-7-10(3)8-12(14)11(4)13(15)16;1-10(2)6-5-7-11(3)8-9-12(4)13(14)15;2*1-9(2)6-5-7-10(3)8-12(14)11(4)13;1-9(2)5-4-6-10(3)7-8-11;1-3(5)7-4(2)6;2*1-4(2,3)5;1-2-3(4)5;;;;;;;;1-5(2,3)4/h7,11-12,14H,6,8-9H2,1-5H3;6,10-11H,5,7-8H2,1-4H3;6,10-12,14H,5,7-8H2,1-4H3;6,9,11H,5,7-8H2,1-4H3;6,10,12,14H,5,7-8H2,1-4H3;6,10H,5,7-8H2,1-4H3;5,8,10H,4,6-7H2,1-3H3;1-2H3;5H,1-3H3;1-3H3;2H2,1H3;7*1H4;(H2,1,2,3,4)/q;;;;;;;;;-1;;;;;;;;;/b;;;12-9+;;;;;;;;;;;;;;;. The van der Waals surface area contributed by atoms with E-state index in [0.717, 1.165) is 109 Å². The summed E-state index contributed by atoms with van der Waals surface area (Å²) in [5.74, 6) is 0.561. The third-order valence-electron chi connectivity index (χ3n) is 17.9. The van der Waals surface area contributed by atoms with Gasteiger partial charge >= 0.3 is 34.0 Å². The molecule has 14 atom stereocenters. The highest BCUT2D eigenvalue weighted by Crippen LogP contribution is 2.41. The highest BCUT2D eigenvalue weighted by molar-refractivity contribution is 7.79. The molecule has 1 rings (SSSR count). The minimum absolute atomic E-state index is 0. The molecule has 0 aliphatic carbocycles. The van der Waals surface area contributed by atoms with Crippen LogP contribution >= 0.6 is 0 Å². The zero-order valence-corrected chi connectivity index (χ0v) is 88.8. The molecular formula is C105H210N5O28S-. The maximum Gasteiger partial charge on any atom is 0.394 e. The van der Waals surface area contributed by atoms with Crippen molar-refractivity contribution in [3.63, 3.8) is 0 Å². The van der Waals surface area contributed by atoms with Gasteiger partial charge in [0.15, 0.2) is 29.6 Å². The van der Waals surface area contributed by atoms with E-state index in [1.165, 1.54) is 94.4 Å². The summed E-state index contributed by atoms with van der Waals surface area (Å²) >= 11 is 0. The molecule has 14 unspecified atom stereocenters. The van der Waals surface area contributed by atoms with Crippen molar-refractivity contribution in [2.75, 3.05) is 6.54 Å². The fraction of sp³-hybridized carbons (Fsp3) is 0.781. The first-order valence-electron chi connectivity index (χ1n) is 45.6. The number of esters is 3. The number of aldehydes is 1. The molecule has 34 heteroatoms. The number of Topliss-reactive ketones (excluding diaryl/α,β-unsaturated/α-hetero) is 3. The lowest BCUT2D eigenvalue weighted by atomic mass is 9.95. The van der Waals surface area contributed by atoms with Crippen molar-refractivity contribution >= 4 is 51.9 Å². The number of aliphatic hydroxyl groups is 3. The van der Waals surface area contributed by atoms with E-state index < -0.39 is 85.5 Å². The molecule has 0 spiro atoms. The van der Waals surface area contributed by atoms with Crippen LogP contribution in [0.5, 0.6) is 0 Å². The van der Waals surface area contributed by atoms with Gasteiger partial charge in [-0.15, -0.1) is 5.60 Å². The molecule has 0 amide bonds. The highest BCUT2D eigenvalue weighted by Gasteiger charge is 2.64. The Morgan fingerprint density at radius 2 is 0.712 bits per heavy atom. The molecule has 1 fully saturated rings. The number of nitrogens with zero attached hydrogens (tertiary/aromatic N) is 5. The highest BCUT2D eigenvalue weighted by atomic mass is 32.3. The van der Waals surface area contributed by atoms with Crippen LogP contribution in [0.2, 0.25) is 0 Å². The van der Waals surface area contributed by atoms with E-state index in [9.17, 15) is 99.5 Å². The van der Waals surface area contributed by atoms with Crippen molar-refractivity contribution in [3.05, 3.63) is 144 Å². The Labute approximate surface area is 846 Å². The SMILES string of the molecule is C.C.C.C.C.C.C.CC(=O)C(=O)CC(C)CCC=C(C)C.CC(=O)C(O)CC(C)CCC=C(C)C.CC(=O)OC(C)=O.CC(=O)OC(CC(C)CCC=C(C)C)C(C)[N+](=O)[O-].CC(C)(C)O.CC(C)(C)[O-].CC(C)=CCCC(C)C/C=C(\C)[N+](=O)[O-].CC(C)=CCCC(C)CC(O)C(C)[N+](=O)[O-].CC(C)=CCCC(C)CC1OC1(C)[N+](=O)[O-].CC(C)=CCCC(C)CC=O.CC[N+](=O)[O-].O=S(=O)(O)O. The molecule has 1 heterocycles. The number of aliphatic hydroxyl groups excluding tert-OH is 2. The first kappa shape index (κ1) is 173. The molecule has 830 valence electrons. The summed E-state index contributed by atoms with van der Waals surface area (Å²) in [5.41, 5.74) is 7.09. The maximum absolute atomic E-state index is 11.1. The first-order valence-corrected chi connectivity index (χ1v) is 47.0. The quantitative estimate of drug-likeness (QED) is 0.00435. The van der Waals surface area contributed by atoms with Crippen molar-refractivity contribution in [1.82, 2.24) is 0 Å². The van der Waals surface area contributed by atoms with Crippen molar-refractivity contribution in [2.24, 2.45) is 41.4 Å². The minimum atomic E-state index is -4.67. The number of hydrogen-bond acceptors (Lipinski definition) is 26. The molecule has 0 aromatic heterocycles. The number of ether oxygens (including phenoxy) is 3. The first-order chi connectivity index (χ1) is 59.8. The second-order valence-corrected chi connectivity index (χ2v) is 38.8.